The van der Waals surface area contributed by atoms with Crippen molar-refractivity contribution in [2.24, 2.45) is 0 Å². The van der Waals surface area contributed by atoms with Gasteiger partial charge in [0.2, 0.25) is 0 Å². The summed E-state index contributed by atoms with van der Waals surface area (Å²) in [5.41, 5.74) is -0.0841. The lowest BCUT2D eigenvalue weighted by Crippen LogP contribution is -2.12. The molecule has 1 heterocycles. The van der Waals surface area contributed by atoms with Crippen LogP contribution in [0.25, 0.3) is 0 Å². The highest BCUT2D eigenvalue weighted by atomic mass is 32.2. The van der Waals surface area contributed by atoms with Gasteiger partial charge in [-0.2, -0.15) is 5.26 Å². The van der Waals surface area contributed by atoms with Gasteiger partial charge in [0.05, 0.1) is 28.5 Å². The highest BCUT2D eigenvalue weighted by Gasteiger charge is 2.19. The minimum absolute atomic E-state index is 0.00811. The first-order valence-electron chi connectivity index (χ1n) is 5.07. The largest absolute Gasteiger partial charge is 0.276 e. The summed E-state index contributed by atoms with van der Waals surface area (Å²) in [6, 6.07) is 5.28. The third-order valence-electron chi connectivity index (χ3n) is 2.21. The van der Waals surface area contributed by atoms with E-state index < -0.39 is 15.8 Å². The van der Waals surface area contributed by atoms with Gasteiger partial charge in [0.25, 0.3) is 10.0 Å². The second kappa shape index (κ2) is 4.95. The quantitative estimate of drug-likeness (QED) is 0.942. The maximum atomic E-state index is 13.6. The number of thiazole rings is 1. The number of nitriles is 1. The van der Waals surface area contributed by atoms with Crippen LogP contribution < -0.4 is 4.72 Å². The van der Waals surface area contributed by atoms with E-state index in [1.165, 1.54) is 18.3 Å². The number of nitrogens with one attached hydrogen (secondary N) is 1. The van der Waals surface area contributed by atoms with Crippen molar-refractivity contribution in [3.05, 3.63) is 40.8 Å². The molecule has 19 heavy (non-hydrogen) atoms. The van der Waals surface area contributed by atoms with Crippen LogP contribution in [-0.2, 0) is 10.0 Å². The molecule has 5 nitrogen and oxygen atoms in total. The zero-order valence-electron chi connectivity index (χ0n) is 9.71. The van der Waals surface area contributed by atoms with Crippen molar-refractivity contribution in [3.8, 4) is 6.07 Å². The Morgan fingerprint density at radius 2 is 2.21 bits per heavy atom. The number of halogens is 1. The second-order valence-corrected chi connectivity index (χ2v) is 6.75. The Labute approximate surface area is 113 Å². The fourth-order valence-electron chi connectivity index (χ4n) is 1.33. The standard InChI is InChI=1S/C11H8FN3O2S2/c1-7-14-6-11(18-7)19(16,17)15-10-3-2-8(5-13)4-9(10)12/h2-4,6,15H,1H3. The first-order valence-corrected chi connectivity index (χ1v) is 7.37. The van der Waals surface area contributed by atoms with Crippen LogP contribution in [0.2, 0.25) is 0 Å². The van der Waals surface area contributed by atoms with Gasteiger partial charge in [0.15, 0.2) is 4.21 Å². The summed E-state index contributed by atoms with van der Waals surface area (Å²) in [5.74, 6) is -0.802. The van der Waals surface area contributed by atoms with Crippen LogP contribution in [0.5, 0.6) is 0 Å². The van der Waals surface area contributed by atoms with Crippen molar-refractivity contribution in [1.82, 2.24) is 4.98 Å². The van der Waals surface area contributed by atoms with Gasteiger partial charge in [0.1, 0.15) is 5.82 Å². The highest BCUT2D eigenvalue weighted by molar-refractivity contribution is 7.94. The lowest BCUT2D eigenvalue weighted by molar-refractivity contribution is 0.600. The number of aromatic nitrogens is 1. The Hall–Kier alpha value is -1.98. The van der Waals surface area contributed by atoms with E-state index in [1.807, 2.05) is 0 Å². The summed E-state index contributed by atoms with van der Waals surface area (Å²) >= 11 is 0.991. The van der Waals surface area contributed by atoms with Crippen LogP contribution >= 0.6 is 11.3 Å². The van der Waals surface area contributed by atoms with Gasteiger partial charge in [-0.3, -0.25) is 4.72 Å². The Balaban J connectivity index is 2.34. The molecule has 0 fully saturated rings. The highest BCUT2D eigenvalue weighted by Crippen LogP contribution is 2.23. The summed E-state index contributed by atoms with van der Waals surface area (Å²) < 4.78 is 39.6. The molecule has 0 spiro atoms. The number of sulfonamides is 1. The lowest BCUT2D eigenvalue weighted by Gasteiger charge is -2.06. The van der Waals surface area contributed by atoms with E-state index in [0.29, 0.717) is 5.01 Å². The van der Waals surface area contributed by atoms with E-state index in [1.54, 1.807) is 13.0 Å². The molecule has 1 N–H and O–H groups in total. The third kappa shape index (κ3) is 2.89. The maximum absolute atomic E-state index is 13.6. The van der Waals surface area contributed by atoms with E-state index in [-0.39, 0.29) is 15.5 Å². The molecule has 1 aromatic heterocycles. The van der Waals surface area contributed by atoms with Gasteiger partial charge in [-0.05, 0) is 25.1 Å². The topological polar surface area (TPSA) is 82.8 Å². The fourth-order valence-corrected chi connectivity index (χ4v) is 3.50. The first kappa shape index (κ1) is 13.5. The molecule has 98 valence electrons. The molecule has 0 saturated heterocycles. The molecular weight excluding hydrogens is 289 g/mol. The molecule has 0 aliphatic heterocycles. The number of hydrogen-bond acceptors (Lipinski definition) is 5. The monoisotopic (exact) mass is 297 g/mol. The normalized spacial score (nSPS) is 11.0. The minimum atomic E-state index is -3.85. The molecule has 8 heteroatoms. The predicted octanol–water partition coefficient (Wildman–Crippen LogP) is 2.26. The average Bonchev–Trinajstić information content (AvgIpc) is 2.79. The van der Waals surface area contributed by atoms with Crippen molar-refractivity contribution in [3.63, 3.8) is 0 Å². The first-order chi connectivity index (χ1) is 8.92. The van der Waals surface area contributed by atoms with Gasteiger partial charge in [-0.15, -0.1) is 11.3 Å². The minimum Gasteiger partial charge on any atom is -0.276 e. The summed E-state index contributed by atoms with van der Waals surface area (Å²) in [7, 11) is -3.85. The van der Waals surface area contributed by atoms with Crippen LogP contribution in [0.15, 0.2) is 28.6 Å². The molecule has 0 atom stereocenters. The zero-order chi connectivity index (χ0) is 14.0. The predicted molar refractivity (Wildman–Crippen MR) is 68.8 cm³/mol. The molecule has 0 saturated carbocycles. The van der Waals surface area contributed by atoms with Gasteiger partial charge in [-0.25, -0.2) is 17.8 Å². The molecular formula is C11H8FN3O2S2. The molecule has 0 aliphatic carbocycles. The van der Waals surface area contributed by atoms with E-state index in [2.05, 4.69) is 9.71 Å². The van der Waals surface area contributed by atoms with E-state index >= 15 is 0 Å². The lowest BCUT2D eigenvalue weighted by atomic mass is 10.2. The van der Waals surface area contributed by atoms with Gasteiger partial charge < -0.3 is 0 Å². The molecule has 1 aromatic carbocycles. The summed E-state index contributed by atoms with van der Waals surface area (Å²) in [6.45, 7) is 1.67. The van der Waals surface area contributed by atoms with Crippen molar-refractivity contribution in [2.45, 2.75) is 11.1 Å². The van der Waals surface area contributed by atoms with E-state index in [9.17, 15) is 12.8 Å². The Bertz CT molecular complexity index is 762. The average molecular weight is 297 g/mol. The number of aryl methyl sites for hydroxylation is 1. The molecule has 2 aromatic rings. The van der Waals surface area contributed by atoms with Crippen LogP contribution in [0.1, 0.15) is 10.6 Å². The Morgan fingerprint density at radius 1 is 1.47 bits per heavy atom. The smallest absolute Gasteiger partial charge is 0.273 e. The van der Waals surface area contributed by atoms with Gasteiger partial charge in [0, 0.05) is 0 Å². The number of nitrogens with zero attached hydrogens (tertiary/aromatic N) is 2. The molecule has 0 aliphatic rings. The number of hydrogen-bond donors (Lipinski definition) is 1. The number of anilines is 1. The van der Waals surface area contributed by atoms with Gasteiger partial charge in [-0.1, -0.05) is 0 Å². The summed E-state index contributed by atoms with van der Waals surface area (Å²) in [6.07, 6.45) is 1.21. The maximum Gasteiger partial charge on any atom is 0.273 e. The molecule has 0 amide bonds. The van der Waals surface area contributed by atoms with Crippen LogP contribution in [-0.4, -0.2) is 13.4 Å². The van der Waals surface area contributed by atoms with Crippen LogP contribution in [0.3, 0.4) is 0 Å². The van der Waals surface area contributed by atoms with Crippen LogP contribution in [0, 0.1) is 24.1 Å². The zero-order valence-corrected chi connectivity index (χ0v) is 11.3. The van der Waals surface area contributed by atoms with Crippen molar-refractivity contribution < 1.29 is 12.8 Å². The third-order valence-corrected chi connectivity index (χ3v) is 4.95. The molecule has 2 rings (SSSR count). The van der Waals surface area contributed by atoms with Crippen molar-refractivity contribution >= 4 is 27.0 Å². The Kier molecular flexibility index (Phi) is 3.50. The number of benzene rings is 1. The van der Waals surface area contributed by atoms with Crippen molar-refractivity contribution in [1.29, 1.82) is 5.26 Å². The van der Waals surface area contributed by atoms with Crippen LogP contribution in [0.4, 0.5) is 10.1 Å². The second-order valence-electron chi connectivity index (χ2n) is 3.61. The molecule has 0 bridgehead atoms. The number of rotatable bonds is 3. The SMILES string of the molecule is Cc1ncc(S(=O)(=O)Nc2ccc(C#N)cc2F)s1. The van der Waals surface area contributed by atoms with Gasteiger partial charge >= 0.3 is 0 Å². The molecule has 0 radical (unpaired) electrons. The Morgan fingerprint density at radius 3 is 2.74 bits per heavy atom. The van der Waals surface area contributed by atoms with E-state index in [0.717, 1.165) is 17.4 Å². The summed E-state index contributed by atoms with van der Waals surface area (Å²) in [4.78, 5) is 3.84. The molecule has 0 unspecified atom stereocenters. The fraction of sp³-hybridized carbons (Fsp3) is 0.0909. The van der Waals surface area contributed by atoms with E-state index in [4.69, 9.17) is 5.26 Å². The summed E-state index contributed by atoms with van der Waals surface area (Å²) in [5, 5.41) is 9.20. The van der Waals surface area contributed by atoms with Crippen molar-refractivity contribution in [2.75, 3.05) is 4.72 Å².